The van der Waals surface area contributed by atoms with Crippen LogP contribution in [0.5, 0.6) is 0 Å². The minimum Gasteiger partial charge on any atom is -0.354 e. The second-order valence-electron chi connectivity index (χ2n) is 6.84. The summed E-state index contributed by atoms with van der Waals surface area (Å²) in [5, 5.41) is 3.04. The van der Waals surface area contributed by atoms with Crippen LogP contribution in [0, 0.1) is 11.8 Å². The van der Waals surface area contributed by atoms with Gasteiger partial charge in [-0.05, 0) is 31.6 Å². The van der Waals surface area contributed by atoms with Crippen molar-refractivity contribution < 1.29 is 9.59 Å². The van der Waals surface area contributed by atoms with Crippen molar-refractivity contribution in [3.8, 4) is 0 Å². The molecule has 1 aliphatic heterocycles. The average Bonchev–Trinajstić information content (AvgIpc) is 3.17. The molecule has 0 aromatic carbocycles. The van der Waals surface area contributed by atoms with Crippen LogP contribution in [0.2, 0.25) is 0 Å². The molecule has 1 N–H and O–H groups in total. The van der Waals surface area contributed by atoms with Crippen LogP contribution in [0.4, 0.5) is 0 Å². The minimum atomic E-state index is -0.339. The molecule has 1 atom stereocenters. The summed E-state index contributed by atoms with van der Waals surface area (Å²) in [4.78, 5) is 31.0. The summed E-state index contributed by atoms with van der Waals surface area (Å²) in [5.41, 5.74) is 0.950. The van der Waals surface area contributed by atoms with E-state index in [9.17, 15) is 9.59 Å². The quantitative estimate of drug-likeness (QED) is 0.905. The third-order valence-electron chi connectivity index (χ3n) is 5.16. The molecule has 118 valence electrons. The van der Waals surface area contributed by atoms with E-state index in [0.29, 0.717) is 19.0 Å². The molecule has 2 aliphatic carbocycles. The van der Waals surface area contributed by atoms with Crippen LogP contribution < -0.4 is 5.32 Å². The zero-order valence-corrected chi connectivity index (χ0v) is 12.7. The van der Waals surface area contributed by atoms with E-state index in [-0.39, 0.29) is 23.8 Å². The Morgan fingerprint density at radius 3 is 2.77 bits per heavy atom. The number of hydrogen-bond acceptors (Lipinski definition) is 3. The van der Waals surface area contributed by atoms with Gasteiger partial charge >= 0.3 is 0 Å². The van der Waals surface area contributed by atoms with E-state index in [4.69, 9.17) is 0 Å². The lowest BCUT2D eigenvalue weighted by Crippen LogP contribution is -2.49. The number of carbonyl (C=O) groups is 2. The van der Waals surface area contributed by atoms with Crippen LogP contribution in [-0.2, 0) is 16.1 Å². The summed E-state index contributed by atoms with van der Waals surface area (Å²) in [5.74, 6) is 1.04. The van der Waals surface area contributed by atoms with Crippen LogP contribution >= 0.6 is 0 Å². The number of rotatable bonds is 4. The average molecular weight is 302 g/mol. The summed E-state index contributed by atoms with van der Waals surface area (Å²) in [6.07, 6.45) is 9.04. The maximum absolute atomic E-state index is 12.5. The van der Waals surface area contributed by atoms with Crippen molar-refractivity contribution in [3.05, 3.63) is 18.2 Å². The zero-order chi connectivity index (χ0) is 15.1. The van der Waals surface area contributed by atoms with Gasteiger partial charge in [-0.2, -0.15) is 0 Å². The molecule has 4 rings (SSSR count). The Hall–Kier alpha value is -1.85. The SMILES string of the molecule is O=C(NCC1CC1)C1CN(C(=O)C2CCC2)Cc2cncn21. The van der Waals surface area contributed by atoms with Gasteiger partial charge < -0.3 is 14.8 Å². The fourth-order valence-corrected chi connectivity index (χ4v) is 3.27. The molecule has 1 aromatic heterocycles. The van der Waals surface area contributed by atoms with Crippen molar-refractivity contribution in [2.45, 2.75) is 44.7 Å². The van der Waals surface area contributed by atoms with Gasteiger partial charge in [0.1, 0.15) is 6.04 Å². The Balaban J connectivity index is 1.49. The highest BCUT2D eigenvalue weighted by Gasteiger charge is 2.36. The summed E-state index contributed by atoms with van der Waals surface area (Å²) >= 11 is 0. The molecule has 0 bridgehead atoms. The zero-order valence-electron chi connectivity index (χ0n) is 12.7. The topological polar surface area (TPSA) is 67.2 Å². The summed E-state index contributed by atoms with van der Waals surface area (Å²) in [6, 6.07) is -0.339. The number of hydrogen-bond donors (Lipinski definition) is 1. The molecule has 2 heterocycles. The molecule has 6 heteroatoms. The molecule has 2 saturated carbocycles. The fraction of sp³-hybridized carbons (Fsp3) is 0.688. The molecular weight excluding hydrogens is 280 g/mol. The van der Waals surface area contributed by atoms with Gasteiger partial charge in [-0.1, -0.05) is 6.42 Å². The van der Waals surface area contributed by atoms with Gasteiger partial charge in [-0.15, -0.1) is 0 Å². The van der Waals surface area contributed by atoms with E-state index in [0.717, 1.165) is 31.5 Å². The van der Waals surface area contributed by atoms with Gasteiger partial charge in [0.2, 0.25) is 11.8 Å². The standard InChI is InChI=1S/C16H22N4O2/c21-15(18-6-11-4-5-11)14-9-19(16(22)12-2-1-3-12)8-13-7-17-10-20(13)14/h7,10-12,14H,1-6,8-9H2,(H,18,21). The monoisotopic (exact) mass is 302 g/mol. The molecule has 2 amide bonds. The van der Waals surface area contributed by atoms with Gasteiger partial charge in [0, 0.05) is 18.7 Å². The number of fused-ring (bicyclic) bond motifs is 1. The van der Waals surface area contributed by atoms with E-state index in [1.165, 1.54) is 12.8 Å². The van der Waals surface area contributed by atoms with Crippen LogP contribution in [0.15, 0.2) is 12.5 Å². The van der Waals surface area contributed by atoms with Gasteiger partial charge in [-0.25, -0.2) is 4.98 Å². The van der Waals surface area contributed by atoms with E-state index < -0.39 is 0 Å². The number of aromatic nitrogens is 2. The first-order valence-electron chi connectivity index (χ1n) is 8.29. The number of nitrogens with zero attached hydrogens (tertiary/aromatic N) is 3. The lowest BCUT2D eigenvalue weighted by atomic mass is 9.84. The van der Waals surface area contributed by atoms with E-state index >= 15 is 0 Å². The predicted octanol–water partition coefficient (Wildman–Crippen LogP) is 1.09. The Kier molecular flexibility index (Phi) is 3.39. The highest BCUT2D eigenvalue weighted by Crippen LogP contribution is 2.31. The fourth-order valence-electron chi connectivity index (χ4n) is 3.27. The van der Waals surface area contributed by atoms with Crippen LogP contribution in [-0.4, -0.2) is 39.4 Å². The third-order valence-corrected chi connectivity index (χ3v) is 5.16. The molecule has 0 saturated heterocycles. The molecule has 3 aliphatic rings. The van der Waals surface area contributed by atoms with Crippen molar-refractivity contribution in [1.29, 1.82) is 0 Å². The maximum Gasteiger partial charge on any atom is 0.244 e. The molecule has 1 aromatic rings. The molecule has 0 radical (unpaired) electrons. The summed E-state index contributed by atoms with van der Waals surface area (Å²) < 4.78 is 1.92. The molecule has 0 spiro atoms. The highest BCUT2D eigenvalue weighted by molar-refractivity contribution is 5.84. The second kappa shape index (κ2) is 5.41. The Morgan fingerprint density at radius 2 is 2.09 bits per heavy atom. The summed E-state index contributed by atoms with van der Waals surface area (Å²) in [7, 11) is 0. The number of amides is 2. The second-order valence-corrected chi connectivity index (χ2v) is 6.84. The lowest BCUT2D eigenvalue weighted by Gasteiger charge is -2.37. The highest BCUT2D eigenvalue weighted by atomic mass is 16.2. The van der Waals surface area contributed by atoms with Crippen molar-refractivity contribution >= 4 is 11.8 Å². The molecule has 6 nitrogen and oxygen atoms in total. The molecule has 1 unspecified atom stereocenters. The first-order chi connectivity index (χ1) is 10.7. The van der Waals surface area contributed by atoms with Gasteiger partial charge in [-0.3, -0.25) is 9.59 Å². The van der Waals surface area contributed by atoms with Crippen molar-refractivity contribution in [1.82, 2.24) is 19.8 Å². The van der Waals surface area contributed by atoms with Crippen molar-refractivity contribution in [2.24, 2.45) is 11.8 Å². The van der Waals surface area contributed by atoms with Crippen LogP contribution in [0.1, 0.15) is 43.8 Å². The lowest BCUT2D eigenvalue weighted by molar-refractivity contribution is -0.141. The Labute approximate surface area is 129 Å². The Bertz CT molecular complexity index is 589. The van der Waals surface area contributed by atoms with Gasteiger partial charge in [0.05, 0.1) is 25.1 Å². The minimum absolute atomic E-state index is 0.0114. The maximum atomic E-state index is 12.5. The van der Waals surface area contributed by atoms with Crippen molar-refractivity contribution in [2.75, 3.05) is 13.1 Å². The van der Waals surface area contributed by atoms with Crippen molar-refractivity contribution in [3.63, 3.8) is 0 Å². The first-order valence-corrected chi connectivity index (χ1v) is 8.29. The summed E-state index contributed by atoms with van der Waals surface area (Å²) in [6.45, 7) is 1.80. The van der Waals surface area contributed by atoms with E-state index in [2.05, 4.69) is 10.3 Å². The Morgan fingerprint density at radius 1 is 1.27 bits per heavy atom. The number of carbonyl (C=O) groups excluding carboxylic acids is 2. The first kappa shape index (κ1) is 13.8. The third kappa shape index (κ3) is 2.51. The van der Waals surface area contributed by atoms with E-state index in [1.54, 1.807) is 12.5 Å². The number of imidazole rings is 1. The molecular formula is C16H22N4O2. The normalized spacial score (nSPS) is 24.5. The van der Waals surface area contributed by atoms with E-state index in [1.807, 2.05) is 9.47 Å². The molecule has 2 fully saturated rings. The van der Waals surface area contributed by atoms with Crippen LogP contribution in [0.3, 0.4) is 0 Å². The van der Waals surface area contributed by atoms with Crippen LogP contribution in [0.25, 0.3) is 0 Å². The van der Waals surface area contributed by atoms with Gasteiger partial charge in [0.25, 0.3) is 0 Å². The molecule has 22 heavy (non-hydrogen) atoms. The van der Waals surface area contributed by atoms with Gasteiger partial charge in [0.15, 0.2) is 0 Å². The predicted molar refractivity (Wildman–Crippen MR) is 79.8 cm³/mol. The number of nitrogens with one attached hydrogen (secondary N) is 1. The smallest absolute Gasteiger partial charge is 0.244 e. The largest absolute Gasteiger partial charge is 0.354 e.